The number of rotatable bonds is 4. The fraction of sp³-hybridized carbons (Fsp3) is 0.0571. The van der Waals surface area contributed by atoms with Crippen molar-refractivity contribution >= 4 is 10.8 Å². The van der Waals surface area contributed by atoms with E-state index < -0.39 is 23.5 Å². The van der Waals surface area contributed by atoms with Gasteiger partial charge in [-0.05, 0) is 86.6 Å². The molecule has 7 heteroatoms. The summed E-state index contributed by atoms with van der Waals surface area (Å²) in [4.78, 5) is 4.39. The lowest BCUT2D eigenvalue weighted by Gasteiger charge is -2.14. The average Bonchev–Trinajstić information content (AvgIpc) is 3.00. The molecule has 6 aromatic rings. The van der Waals surface area contributed by atoms with E-state index in [0.29, 0.717) is 0 Å². The summed E-state index contributed by atoms with van der Waals surface area (Å²) >= 11 is 0. The molecule has 208 valence electrons. The highest BCUT2D eigenvalue weighted by Gasteiger charge is 2.37. The van der Waals surface area contributed by atoms with Crippen LogP contribution in [0.5, 0.6) is 0 Å². The maximum Gasteiger partial charge on any atom is 0.416 e. The lowest BCUT2D eigenvalue weighted by molar-refractivity contribution is -0.143. The second kappa shape index (κ2) is 10.5. The number of pyridine rings is 1. The van der Waals surface area contributed by atoms with Crippen molar-refractivity contribution in [1.82, 2.24) is 4.98 Å². The van der Waals surface area contributed by atoms with E-state index in [1.807, 2.05) is 60.7 Å². The quantitative estimate of drug-likeness (QED) is 0.193. The van der Waals surface area contributed by atoms with E-state index in [1.165, 1.54) is 12.1 Å². The molecule has 0 radical (unpaired) electrons. The molecule has 42 heavy (non-hydrogen) atoms. The molecule has 0 fully saturated rings. The lowest BCUT2D eigenvalue weighted by Crippen LogP contribution is -2.11. The molecular formula is C35H21F6N. The number of benzene rings is 5. The van der Waals surface area contributed by atoms with Crippen molar-refractivity contribution in [1.29, 1.82) is 0 Å². The number of nitrogens with zero attached hydrogens (tertiary/aromatic N) is 1. The number of halogens is 6. The highest BCUT2D eigenvalue weighted by atomic mass is 19.4. The van der Waals surface area contributed by atoms with Crippen molar-refractivity contribution in [2.45, 2.75) is 12.4 Å². The Hall–Kier alpha value is -4.91. The molecule has 0 spiro atoms. The predicted molar refractivity (Wildman–Crippen MR) is 153 cm³/mol. The zero-order valence-electron chi connectivity index (χ0n) is 21.8. The monoisotopic (exact) mass is 569 g/mol. The molecule has 0 aliphatic heterocycles. The van der Waals surface area contributed by atoms with Crippen LogP contribution in [0.1, 0.15) is 11.1 Å². The van der Waals surface area contributed by atoms with Gasteiger partial charge in [0.05, 0.1) is 16.8 Å². The van der Waals surface area contributed by atoms with Gasteiger partial charge in [-0.2, -0.15) is 26.3 Å². The lowest BCUT2D eigenvalue weighted by atomic mass is 9.95. The zero-order chi connectivity index (χ0) is 29.5. The summed E-state index contributed by atoms with van der Waals surface area (Å²) in [5.74, 6) is 0. The fourth-order valence-electron chi connectivity index (χ4n) is 4.95. The van der Waals surface area contributed by atoms with Crippen LogP contribution >= 0.6 is 0 Å². The van der Waals surface area contributed by atoms with Crippen LogP contribution in [0.25, 0.3) is 55.4 Å². The zero-order valence-corrected chi connectivity index (χ0v) is 21.8. The van der Waals surface area contributed by atoms with Crippen molar-refractivity contribution < 1.29 is 26.3 Å². The number of alkyl halides is 6. The van der Waals surface area contributed by atoms with Crippen LogP contribution < -0.4 is 0 Å². The summed E-state index contributed by atoms with van der Waals surface area (Å²) in [5.41, 5.74) is 3.17. The van der Waals surface area contributed by atoms with Gasteiger partial charge in [-0.1, -0.05) is 78.9 Å². The van der Waals surface area contributed by atoms with Crippen LogP contribution in [0.3, 0.4) is 0 Å². The van der Waals surface area contributed by atoms with Gasteiger partial charge in [0.2, 0.25) is 0 Å². The van der Waals surface area contributed by atoms with Crippen LogP contribution in [0.4, 0.5) is 26.3 Å². The van der Waals surface area contributed by atoms with Crippen LogP contribution in [-0.2, 0) is 12.4 Å². The first-order chi connectivity index (χ1) is 20.0. The van der Waals surface area contributed by atoms with Crippen molar-refractivity contribution in [3.8, 4) is 44.6 Å². The van der Waals surface area contributed by atoms with Gasteiger partial charge in [-0.15, -0.1) is 0 Å². The summed E-state index contributed by atoms with van der Waals surface area (Å²) < 4.78 is 79.8. The molecule has 0 saturated heterocycles. The van der Waals surface area contributed by atoms with Crippen molar-refractivity contribution in [3.63, 3.8) is 0 Å². The Morgan fingerprint density at radius 1 is 0.381 bits per heavy atom. The van der Waals surface area contributed by atoms with Crippen molar-refractivity contribution in [2.24, 2.45) is 0 Å². The predicted octanol–water partition coefficient (Wildman–Crippen LogP) is 10.9. The van der Waals surface area contributed by atoms with E-state index in [0.717, 1.165) is 56.4 Å². The van der Waals surface area contributed by atoms with Gasteiger partial charge < -0.3 is 0 Å². The average molecular weight is 570 g/mol. The standard InChI is InChI=1S/C35H21F6N/c36-34(37,38)31-19-30(20-32(21-31)35(39,40)41)24-6-4-22(5-7-24)26-12-14-29-18-27(13-15-28(29)17-26)23-8-10-25(11-9-23)33-3-1-2-16-42-33/h1-21H. The van der Waals surface area contributed by atoms with Gasteiger partial charge >= 0.3 is 12.4 Å². The smallest absolute Gasteiger partial charge is 0.256 e. The summed E-state index contributed by atoms with van der Waals surface area (Å²) in [6, 6.07) is 34.2. The van der Waals surface area contributed by atoms with Crippen molar-refractivity contribution in [3.05, 3.63) is 139 Å². The van der Waals surface area contributed by atoms with Gasteiger partial charge in [0.25, 0.3) is 0 Å². The fourth-order valence-corrected chi connectivity index (χ4v) is 4.95. The molecule has 0 aliphatic carbocycles. The first-order valence-electron chi connectivity index (χ1n) is 13.0. The maximum atomic E-state index is 13.3. The summed E-state index contributed by atoms with van der Waals surface area (Å²) in [5, 5.41) is 2.03. The molecule has 0 N–H and O–H groups in total. The van der Waals surface area contributed by atoms with Gasteiger partial charge in [-0.25, -0.2) is 0 Å². The van der Waals surface area contributed by atoms with E-state index in [-0.39, 0.29) is 17.2 Å². The van der Waals surface area contributed by atoms with Gasteiger partial charge in [0.15, 0.2) is 0 Å². The molecule has 0 bridgehead atoms. The van der Waals surface area contributed by atoms with E-state index in [1.54, 1.807) is 18.3 Å². The Labute approximate surface area is 237 Å². The molecule has 0 aliphatic rings. The number of hydrogen-bond acceptors (Lipinski definition) is 1. The van der Waals surface area contributed by atoms with Crippen LogP contribution in [0.15, 0.2) is 128 Å². The number of hydrogen-bond donors (Lipinski definition) is 0. The highest BCUT2D eigenvalue weighted by Crippen LogP contribution is 2.39. The van der Waals surface area contributed by atoms with Crippen LogP contribution in [0.2, 0.25) is 0 Å². The normalized spacial score (nSPS) is 12.0. The Bertz CT molecular complexity index is 1840. The first kappa shape index (κ1) is 27.3. The van der Waals surface area contributed by atoms with Gasteiger partial charge in [0, 0.05) is 11.8 Å². The molecule has 5 aromatic carbocycles. The third kappa shape index (κ3) is 5.63. The van der Waals surface area contributed by atoms with Crippen LogP contribution in [-0.4, -0.2) is 4.98 Å². The second-order valence-electron chi connectivity index (χ2n) is 9.94. The maximum absolute atomic E-state index is 13.3. The summed E-state index contributed by atoms with van der Waals surface area (Å²) in [6.45, 7) is 0. The van der Waals surface area contributed by atoms with Crippen LogP contribution in [0, 0.1) is 0 Å². The molecule has 0 saturated carbocycles. The molecule has 0 amide bonds. The largest absolute Gasteiger partial charge is 0.416 e. The summed E-state index contributed by atoms with van der Waals surface area (Å²) in [6.07, 6.45) is -8.04. The third-order valence-corrected chi connectivity index (χ3v) is 7.16. The van der Waals surface area contributed by atoms with E-state index in [2.05, 4.69) is 23.2 Å². The summed E-state index contributed by atoms with van der Waals surface area (Å²) in [7, 11) is 0. The minimum Gasteiger partial charge on any atom is -0.256 e. The second-order valence-corrected chi connectivity index (χ2v) is 9.94. The molecule has 0 atom stereocenters. The van der Waals surface area contributed by atoms with E-state index >= 15 is 0 Å². The molecule has 0 unspecified atom stereocenters. The van der Waals surface area contributed by atoms with Gasteiger partial charge in [0.1, 0.15) is 0 Å². The Morgan fingerprint density at radius 3 is 1.24 bits per heavy atom. The molecule has 6 rings (SSSR count). The minimum absolute atomic E-state index is 0.135. The molecular weight excluding hydrogens is 548 g/mol. The number of aromatic nitrogens is 1. The highest BCUT2D eigenvalue weighted by molar-refractivity contribution is 5.91. The Morgan fingerprint density at radius 2 is 0.810 bits per heavy atom. The Balaban J connectivity index is 1.27. The minimum atomic E-state index is -4.90. The molecule has 1 aromatic heterocycles. The SMILES string of the molecule is FC(F)(F)c1cc(-c2ccc(-c3ccc4cc(-c5ccc(-c6ccccn6)cc5)ccc4c3)cc2)cc(C(F)(F)F)c1. The van der Waals surface area contributed by atoms with E-state index in [4.69, 9.17) is 0 Å². The van der Waals surface area contributed by atoms with E-state index in [9.17, 15) is 26.3 Å². The molecule has 1 heterocycles. The van der Waals surface area contributed by atoms with Crippen molar-refractivity contribution in [2.75, 3.05) is 0 Å². The topological polar surface area (TPSA) is 12.9 Å². The Kier molecular flexibility index (Phi) is 6.81. The number of fused-ring (bicyclic) bond motifs is 1. The first-order valence-corrected chi connectivity index (χ1v) is 13.0. The van der Waals surface area contributed by atoms with Gasteiger partial charge in [-0.3, -0.25) is 4.98 Å². The molecule has 1 nitrogen and oxygen atoms in total. The third-order valence-electron chi connectivity index (χ3n) is 7.16.